The highest BCUT2D eigenvalue weighted by Crippen LogP contribution is 1.95. The summed E-state index contributed by atoms with van der Waals surface area (Å²) >= 11 is 0. The molecule has 0 unspecified atom stereocenters. The van der Waals surface area contributed by atoms with Crippen LogP contribution in [-0.2, 0) is 9.59 Å². The summed E-state index contributed by atoms with van der Waals surface area (Å²) in [5.74, 6) is -0.302. The smallest absolute Gasteiger partial charge is 0.235 e. The number of carbonyl (C=O) groups excluding carboxylic acids is 2. The van der Waals surface area contributed by atoms with Gasteiger partial charge in [0, 0.05) is 11.8 Å². The van der Waals surface area contributed by atoms with E-state index in [-0.39, 0.29) is 37.4 Å². The lowest BCUT2D eigenvalue weighted by Gasteiger charge is -1.96. The zero-order valence-corrected chi connectivity index (χ0v) is 10.1. The Morgan fingerprint density at radius 3 is 1.71 bits per heavy atom. The predicted molar refractivity (Wildman–Crippen MR) is 65.4 cm³/mol. The minimum Gasteiger partial charge on any atom is -0.298 e. The first-order chi connectivity index (χ1) is 7.36. The van der Waals surface area contributed by atoms with E-state index in [1.165, 1.54) is 0 Å². The van der Waals surface area contributed by atoms with Crippen LogP contribution < -0.4 is 5.32 Å². The highest BCUT2D eigenvalue weighted by atomic mass is 16.1. The van der Waals surface area contributed by atoms with Gasteiger partial charge in [-0.05, 0) is 0 Å². The van der Waals surface area contributed by atoms with Crippen molar-refractivity contribution in [3.05, 3.63) is 0 Å². The molecule has 0 saturated carbocycles. The van der Waals surface area contributed by atoms with Crippen LogP contribution in [0.1, 0.15) is 41.5 Å². The molecule has 0 atom stereocenters. The zero-order chi connectivity index (χ0) is 13.1. The number of carbonyl (C=O) groups is 2. The van der Waals surface area contributed by atoms with Crippen LogP contribution in [0.3, 0.4) is 0 Å². The zero-order valence-electron chi connectivity index (χ0n) is 10.1. The number of nitrogens with zero attached hydrogens (tertiary/aromatic N) is 2. The van der Waals surface area contributed by atoms with Crippen LogP contribution >= 0.6 is 0 Å². The largest absolute Gasteiger partial charge is 0.298 e. The number of amides is 1. The van der Waals surface area contributed by atoms with Gasteiger partial charge in [-0.1, -0.05) is 35.1 Å². The molecule has 0 rings (SSSR count). The number of Topliss-reactive ketones (excluding diaryl/α,β-unsaturated/α-hetero) is 1. The van der Waals surface area contributed by atoms with Crippen molar-refractivity contribution in [3.8, 4) is 12.3 Å². The van der Waals surface area contributed by atoms with E-state index in [4.69, 9.17) is 10.5 Å². The van der Waals surface area contributed by atoms with Crippen LogP contribution in [0.2, 0.25) is 0 Å². The van der Waals surface area contributed by atoms with E-state index in [2.05, 4.69) is 0 Å². The summed E-state index contributed by atoms with van der Waals surface area (Å²) in [6.07, 6.45) is 1.60. The van der Waals surface area contributed by atoms with Gasteiger partial charge in [0.25, 0.3) is 0 Å². The molecule has 0 aliphatic carbocycles. The molecule has 0 aliphatic rings. The Morgan fingerprint density at radius 2 is 1.59 bits per heavy atom. The lowest BCUT2D eigenvalue weighted by molar-refractivity contribution is -0.123. The summed E-state index contributed by atoms with van der Waals surface area (Å²) < 4.78 is 0. The molecule has 17 heavy (non-hydrogen) atoms. The van der Waals surface area contributed by atoms with Gasteiger partial charge in [-0.25, -0.2) is 0 Å². The van der Waals surface area contributed by atoms with Crippen LogP contribution in [0, 0.1) is 34.6 Å². The second-order valence-electron chi connectivity index (χ2n) is 3.71. The van der Waals surface area contributed by atoms with Crippen LogP contribution in [0.5, 0.6) is 0 Å². The van der Waals surface area contributed by atoms with Crippen LogP contribution in [0.15, 0.2) is 0 Å². The second kappa shape index (κ2) is 12.2. The van der Waals surface area contributed by atoms with Crippen LogP contribution in [0.4, 0.5) is 0 Å². The summed E-state index contributed by atoms with van der Waals surface area (Å²) in [6, 6.07) is 1.80. The number of nitriles is 2. The van der Waals surface area contributed by atoms with Crippen molar-refractivity contribution in [1.29, 1.82) is 10.5 Å². The second-order valence-corrected chi connectivity index (χ2v) is 3.71. The van der Waals surface area contributed by atoms with Gasteiger partial charge in [-0.3, -0.25) is 14.9 Å². The van der Waals surface area contributed by atoms with E-state index < -0.39 is 0 Å². The molecule has 5 heteroatoms. The fourth-order valence-electron chi connectivity index (χ4n) is 0.481. The van der Waals surface area contributed by atoms with Gasteiger partial charge in [0.15, 0.2) is 6.19 Å². The van der Waals surface area contributed by atoms with Crippen molar-refractivity contribution < 1.29 is 9.59 Å². The molecule has 0 spiro atoms. The summed E-state index contributed by atoms with van der Waals surface area (Å²) in [6.45, 7) is 7.04. The first-order valence-corrected chi connectivity index (χ1v) is 4.95. The Kier molecular flexibility index (Phi) is 14.7. The number of hydrogen-bond donors (Lipinski definition) is 1. The van der Waals surface area contributed by atoms with Crippen LogP contribution in [-0.4, -0.2) is 11.7 Å². The average molecular weight is 239 g/mol. The molecule has 5 nitrogen and oxygen atoms in total. The Labute approximate surface area is 103 Å². The molecule has 1 amide bonds. The quantitative estimate of drug-likeness (QED) is 0.602. The monoisotopic (exact) mass is 239 g/mol. The highest BCUT2D eigenvalue weighted by molar-refractivity contribution is 5.82. The topological polar surface area (TPSA) is 93.8 Å². The van der Waals surface area contributed by atoms with E-state index in [1.54, 1.807) is 40.0 Å². The molecule has 0 aromatic rings. The molecule has 0 aliphatic heterocycles. The number of rotatable bonds is 3. The maximum atomic E-state index is 10.5. The first-order valence-electron chi connectivity index (χ1n) is 4.95. The van der Waals surface area contributed by atoms with Gasteiger partial charge >= 0.3 is 0 Å². The Balaban J connectivity index is -0.000000218. The van der Waals surface area contributed by atoms with Crippen LogP contribution in [0.25, 0.3) is 0 Å². The summed E-state index contributed by atoms with van der Waals surface area (Å²) in [7, 11) is 0. The average Bonchev–Trinajstić information content (AvgIpc) is 2.19. The Bertz CT molecular complexity index is 277. The molecule has 0 radical (unpaired) electrons. The molecule has 0 aromatic carbocycles. The van der Waals surface area contributed by atoms with Crippen molar-refractivity contribution in [3.63, 3.8) is 0 Å². The SMILES string of the molecule is C.CC(C)C(=O)CC#N.CC(C)C(=O)NC#N. The molecular weight excluding hydrogens is 218 g/mol. The maximum Gasteiger partial charge on any atom is 0.235 e. The van der Waals surface area contributed by atoms with Crippen molar-refractivity contribution in [2.75, 3.05) is 0 Å². The van der Waals surface area contributed by atoms with E-state index in [1.807, 2.05) is 5.32 Å². The molecule has 0 heterocycles. The van der Waals surface area contributed by atoms with Gasteiger partial charge in [0.05, 0.1) is 12.5 Å². The first kappa shape index (κ1) is 20.5. The highest BCUT2D eigenvalue weighted by Gasteiger charge is 2.04. The van der Waals surface area contributed by atoms with Crippen molar-refractivity contribution >= 4 is 11.7 Å². The third kappa shape index (κ3) is 14.1. The van der Waals surface area contributed by atoms with Gasteiger partial charge in [-0.15, -0.1) is 0 Å². The Hall–Kier alpha value is -1.88. The summed E-state index contributed by atoms with van der Waals surface area (Å²) in [5.41, 5.74) is 0. The Morgan fingerprint density at radius 1 is 1.12 bits per heavy atom. The number of hydrogen-bond acceptors (Lipinski definition) is 4. The van der Waals surface area contributed by atoms with Gasteiger partial charge in [0.1, 0.15) is 5.78 Å². The molecule has 0 saturated heterocycles. The van der Waals surface area contributed by atoms with Gasteiger partial charge in [-0.2, -0.15) is 10.5 Å². The minimum absolute atomic E-state index is 0. The normalized spacial score (nSPS) is 8.00. The van der Waals surface area contributed by atoms with E-state index in [0.717, 1.165) is 0 Å². The third-order valence-corrected chi connectivity index (χ3v) is 1.60. The lowest BCUT2D eigenvalue weighted by atomic mass is 10.1. The predicted octanol–water partition coefficient (Wildman–Crippen LogP) is 2.00. The van der Waals surface area contributed by atoms with E-state index in [0.29, 0.717) is 0 Å². The minimum atomic E-state index is -0.229. The molecule has 1 N–H and O–H groups in total. The summed E-state index contributed by atoms with van der Waals surface area (Å²) in [4.78, 5) is 20.9. The summed E-state index contributed by atoms with van der Waals surface area (Å²) in [5, 5.41) is 17.9. The molecular formula is C12H21N3O2. The van der Waals surface area contributed by atoms with E-state index in [9.17, 15) is 9.59 Å². The molecule has 96 valence electrons. The fraction of sp³-hybridized carbons (Fsp3) is 0.667. The molecule has 0 bridgehead atoms. The molecule has 0 fully saturated rings. The molecule has 0 aromatic heterocycles. The number of ketones is 1. The van der Waals surface area contributed by atoms with Crippen molar-refractivity contribution in [2.45, 2.75) is 41.5 Å². The standard InChI is InChI=1S/C6H9NO.C5H8N2O.CH4/c1-5(2)6(8)3-4-7;1-4(2)5(8)7-3-6;/h5H,3H2,1-2H3;4H,1-2H3,(H,7,8);1H4. The third-order valence-electron chi connectivity index (χ3n) is 1.60. The maximum absolute atomic E-state index is 10.5. The lowest BCUT2D eigenvalue weighted by Crippen LogP contribution is -2.22. The van der Waals surface area contributed by atoms with E-state index >= 15 is 0 Å². The van der Waals surface area contributed by atoms with Gasteiger partial charge < -0.3 is 0 Å². The van der Waals surface area contributed by atoms with Crippen molar-refractivity contribution in [1.82, 2.24) is 5.32 Å². The van der Waals surface area contributed by atoms with Crippen molar-refractivity contribution in [2.24, 2.45) is 11.8 Å². The van der Waals surface area contributed by atoms with Gasteiger partial charge in [0.2, 0.25) is 5.91 Å². The fourth-order valence-corrected chi connectivity index (χ4v) is 0.481. The number of nitrogens with one attached hydrogen (secondary N) is 1.